The third-order valence-corrected chi connectivity index (χ3v) is 2.25. The lowest BCUT2D eigenvalue weighted by Crippen LogP contribution is -2.16. The van der Waals surface area contributed by atoms with E-state index in [4.69, 9.17) is 9.15 Å². The quantitative estimate of drug-likeness (QED) is 0.631. The summed E-state index contributed by atoms with van der Waals surface area (Å²) in [5.74, 6) is -0.816. The number of esters is 1. The second-order valence-corrected chi connectivity index (χ2v) is 3.36. The third kappa shape index (κ3) is 1.99. The molecule has 0 aliphatic carbocycles. The first-order chi connectivity index (χ1) is 8.13. The van der Waals surface area contributed by atoms with Crippen molar-refractivity contribution >= 4 is 16.9 Å². The molecular formula is C12H10O5. The summed E-state index contributed by atoms with van der Waals surface area (Å²) in [4.78, 5) is 23.0. The summed E-state index contributed by atoms with van der Waals surface area (Å²) in [6.45, 7) is 1.80. The van der Waals surface area contributed by atoms with Crippen LogP contribution in [0.25, 0.3) is 11.0 Å². The maximum Gasteiger partial charge on any atom is 0.351 e. The molecule has 1 aromatic heterocycles. The van der Waals surface area contributed by atoms with Gasteiger partial charge < -0.3 is 14.3 Å². The normalized spacial score (nSPS) is 10.4. The van der Waals surface area contributed by atoms with Gasteiger partial charge in [0.05, 0.1) is 12.0 Å². The number of rotatable bonds is 2. The molecule has 1 heterocycles. The summed E-state index contributed by atoms with van der Waals surface area (Å²) in [6, 6.07) is 5.79. The Bertz CT molecular complexity index is 626. The highest BCUT2D eigenvalue weighted by Gasteiger charge is 2.15. The number of carbonyl (C=O) groups is 1. The summed E-state index contributed by atoms with van der Waals surface area (Å²) in [5.41, 5.74) is -0.773. The van der Waals surface area contributed by atoms with Crippen LogP contribution in [0.15, 0.2) is 33.5 Å². The predicted molar refractivity (Wildman–Crippen MR) is 60.1 cm³/mol. The zero-order valence-electron chi connectivity index (χ0n) is 9.10. The number of phenols is 1. The number of benzene rings is 1. The summed E-state index contributed by atoms with van der Waals surface area (Å²) in [6.07, 6.45) is 0. The van der Waals surface area contributed by atoms with E-state index in [0.29, 0.717) is 5.39 Å². The van der Waals surface area contributed by atoms with Crippen LogP contribution >= 0.6 is 0 Å². The molecule has 0 unspecified atom stereocenters. The molecule has 0 bridgehead atoms. The van der Waals surface area contributed by atoms with E-state index in [1.54, 1.807) is 13.0 Å². The highest BCUT2D eigenvalue weighted by molar-refractivity contribution is 5.94. The topological polar surface area (TPSA) is 76.7 Å². The van der Waals surface area contributed by atoms with Crippen LogP contribution in [-0.4, -0.2) is 17.7 Å². The first-order valence-corrected chi connectivity index (χ1v) is 5.06. The third-order valence-electron chi connectivity index (χ3n) is 2.25. The smallest absolute Gasteiger partial charge is 0.351 e. The van der Waals surface area contributed by atoms with E-state index in [0.717, 1.165) is 0 Å². The van der Waals surface area contributed by atoms with Crippen molar-refractivity contribution in [3.63, 3.8) is 0 Å². The van der Waals surface area contributed by atoms with Crippen LogP contribution in [0.2, 0.25) is 0 Å². The van der Waals surface area contributed by atoms with Crippen molar-refractivity contribution in [1.82, 2.24) is 0 Å². The lowest BCUT2D eigenvalue weighted by Gasteiger charge is -2.03. The Morgan fingerprint density at radius 3 is 2.94 bits per heavy atom. The summed E-state index contributed by atoms with van der Waals surface area (Å²) < 4.78 is 9.64. The summed E-state index contributed by atoms with van der Waals surface area (Å²) in [7, 11) is 0. The molecule has 1 aromatic carbocycles. The van der Waals surface area contributed by atoms with Crippen LogP contribution in [0, 0.1) is 0 Å². The maximum atomic E-state index is 11.5. The van der Waals surface area contributed by atoms with Crippen LogP contribution < -0.4 is 5.63 Å². The lowest BCUT2D eigenvalue weighted by atomic mass is 10.1. The number of hydrogen-bond donors (Lipinski definition) is 1. The van der Waals surface area contributed by atoms with Gasteiger partial charge in [0.2, 0.25) is 0 Å². The van der Waals surface area contributed by atoms with Gasteiger partial charge in [0, 0.05) is 0 Å². The van der Waals surface area contributed by atoms with E-state index in [-0.39, 0.29) is 23.5 Å². The average molecular weight is 234 g/mol. The van der Waals surface area contributed by atoms with E-state index in [1.165, 1.54) is 18.2 Å². The Kier molecular flexibility index (Phi) is 2.82. The van der Waals surface area contributed by atoms with E-state index in [2.05, 4.69) is 0 Å². The zero-order valence-corrected chi connectivity index (χ0v) is 9.10. The SMILES string of the molecule is CCOC(=O)c1cc2c(O)cccc2oc1=O. The van der Waals surface area contributed by atoms with Crippen molar-refractivity contribution in [2.75, 3.05) is 6.61 Å². The van der Waals surface area contributed by atoms with Crippen LogP contribution in [-0.2, 0) is 4.74 Å². The van der Waals surface area contributed by atoms with Gasteiger partial charge in [-0.15, -0.1) is 0 Å². The van der Waals surface area contributed by atoms with Crippen molar-refractivity contribution in [2.24, 2.45) is 0 Å². The molecule has 0 fully saturated rings. The highest BCUT2D eigenvalue weighted by Crippen LogP contribution is 2.23. The van der Waals surface area contributed by atoms with Crippen LogP contribution in [0.5, 0.6) is 5.75 Å². The predicted octanol–water partition coefficient (Wildman–Crippen LogP) is 1.68. The van der Waals surface area contributed by atoms with Gasteiger partial charge in [0.1, 0.15) is 16.9 Å². The Balaban J connectivity index is 2.66. The van der Waals surface area contributed by atoms with Gasteiger partial charge in [-0.2, -0.15) is 0 Å². The van der Waals surface area contributed by atoms with Crippen LogP contribution in [0.1, 0.15) is 17.3 Å². The molecule has 17 heavy (non-hydrogen) atoms. The van der Waals surface area contributed by atoms with Gasteiger partial charge in [-0.25, -0.2) is 9.59 Å². The van der Waals surface area contributed by atoms with Gasteiger partial charge in [0.25, 0.3) is 0 Å². The molecular weight excluding hydrogens is 224 g/mol. The minimum Gasteiger partial charge on any atom is -0.507 e. The average Bonchev–Trinajstić information content (AvgIpc) is 2.29. The Hall–Kier alpha value is -2.30. The molecule has 5 heteroatoms. The zero-order chi connectivity index (χ0) is 12.4. The second kappa shape index (κ2) is 4.29. The monoisotopic (exact) mass is 234 g/mol. The molecule has 1 N–H and O–H groups in total. The number of carbonyl (C=O) groups excluding carboxylic acids is 1. The molecule has 0 atom stereocenters. The molecule has 0 spiro atoms. The van der Waals surface area contributed by atoms with E-state index < -0.39 is 11.6 Å². The first-order valence-electron chi connectivity index (χ1n) is 5.06. The lowest BCUT2D eigenvalue weighted by molar-refractivity contribution is 0.0522. The van der Waals surface area contributed by atoms with Gasteiger partial charge in [-0.1, -0.05) is 6.07 Å². The van der Waals surface area contributed by atoms with E-state index >= 15 is 0 Å². The Morgan fingerprint density at radius 2 is 2.24 bits per heavy atom. The molecule has 0 saturated carbocycles. The molecule has 0 saturated heterocycles. The van der Waals surface area contributed by atoms with Gasteiger partial charge in [-0.3, -0.25) is 0 Å². The second-order valence-electron chi connectivity index (χ2n) is 3.36. The molecule has 2 rings (SSSR count). The molecule has 5 nitrogen and oxygen atoms in total. The van der Waals surface area contributed by atoms with Crippen molar-refractivity contribution in [2.45, 2.75) is 6.92 Å². The van der Waals surface area contributed by atoms with Crippen molar-refractivity contribution in [3.05, 3.63) is 40.2 Å². The fourth-order valence-electron chi connectivity index (χ4n) is 1.48. The molecule has 88 valence electrons. The first kappa shape index (κ1) is 11.2. The minimum absolute atomic E-state index is 0.0585. The molecule has 2 aromatic rings. The molecule has 0 aliphatic rings. The summed E-state index contributed by atoms with van der Waals surface area (Å²) >= 11 is 0. The largest absolute Gasteiger partial charge is 0.507 e. The number of ether oxygens (including phenoxy) is 1. The van der Waals surface area contributed by atoms with Gasteiger partial charge >= 0.3 is 11.6 Å². The molecule has 0 radical (unpaired) electrons. The maximum absolute atomic E-state index is 11.5. The Morgan fingerprint density at radius 1 is 1.47 bits per heavy atom. The number of hydrogen-bond acceptors (Lipinski definition) is 5. The fourth-order valence-corrected chi connectivity index (χ4v) is 1.48. The van der Waals surface area contributed by atoms with Crippen LogP contribution in [0.3, 0.4) is 0 Å². The van der Waals surface area contributed by atoms with Gasteiger partial charge in [-0.05, 0) is 25.1 Å². The number of aromatic hydroxyl groups is 1. The van der Waals surface area contributed by atoms with E-state index in [9.17, 15) is 14.7 Å². The molecule has 0 aliphatic heterocycles. The van der Waals surface area contributed by atoms with Crippen molar-refractivity contribution < 1.29 is 19.1 Å². The summed E-state index contributed by atoms with van der Waals surface area (Å²) in [5, 5.41) is 9.89. The van der Waals surface area contributed by atoms with E-state index in [1.807, 2.05) is 0 Å². The van der Waals surface area contributed by atoms with Crippen molar-refractivity contribution in [3.8, 4) is 5.75 Å². The Labute approximate surface area is 96.2 Å². The molecule has 0 amide bonds. The van der Waals surface area contributed by atoms with Crippen molar-refractivity contribution in [1.29, 1.82) is 0 Å². The minimum atomic E-state index is -0.776. The number of phenolic OH excluding ortho intramolecular Hbond substituents is 1. The highest BCUT2D eigenvalue weighted by atomic mass is 16.5. The van der Waals surface area contributed by atoms with Crippen LogP contribution in [0.4, 0.5) is 0 Å². The number of fused-ring (bicyclic) bond motifs is 1. The van der Waals surface area contributed by atoms with Gasteiger partial charge in [0.15, 0.2) is 0 Å². The standard InChI is InChI=1S/C12H10O5/c1-2-16-11(14)8-6-7-9(13)4-3-5-10(7)17-12(8)15/h3-6,13H,2H2,1H3. The fraction of sp³-hybridized carbons (Fsp3) is 0.167.